The van der Waals surface area contributed by atoms with E-state index in [1.54, 1.807) is 13.8 Å². The Morgan fingerprint density at radius 1 is 1.35 bits per heavy atom. The lowest BCUT2D eigenvalue weighted by molar-refractivity contribution is -0.168. The van der Waals surface area contributed by atoms with Crippen LogP contribution < -0.4 is 0 Å². The molecule has 0 aromatic heterocycles. The zero-order valence-corrected chi connectivity index (χ0v) is 15.5. The van der Waals surface area contributed by atoms with Gasteiger partial charge in [-0.15, -0.1) is 0 Å². The summed E-state index contributed by atoms with van der Waals surface area (Å²) >= 11 is 0. The van der Waals surface area contributed by atoms with Crippen LogP contribution in [0.3, 0.4) is 0 Å². The summed E-state index contributed by atoms with van der Waals surface area (Å²) in [5.41, 5.74) is -1.37. The van der Waals surface area contributed by atoms with Crippen LogP contribution in [0.25, 0.3) is 0 Å². The van der Waals surface area contributed by atoms with Crippen LogP contribution in [0.1, 0.15) is 52.9 Å². The van der Waals surface area contributed by atoms with E-state index < -0.39 is 29.4 Å². The van der Waals surface area contributed by atoms with E-state index in [1.165, 1.54) is 6.08 Å². The molecule has 6 heteroatoms. The largest absolute Gasteiger partial charge is 0.457 e. The molecule has 0 spiro atoms. The highest BCUT2D eigenvalue weighted by Gasteiger charge is 2.63. The third-order valence-corrected chi connectivity index (χ3v) is 5.83. The summed E-state index contributed by atoms with van der Waals surface area (Å²) in [5, 5.41) is 11.0. The Kier molecular flexibility index (Phi) is 4.69. The Bertz CT molecular complexity index is 707. The van der Waals surface area contributed by atoms with E-state index in [1.807, 2.05) is 6.92 Å². The summed E-state index contributed by atoms with van der Waals surface area (Å²) in [6.07, 6.45) is 1.19. The van der Waals surface area contributed by atoms with Gasteiger partial charge in [-0.1, -0.05) is 12.2 Å². The van der Waals surface area contributed by atoms with E-state index in [2.05, 4.69) is 6.58 Å². The Labute approximate surface area is 153 Å². The maximum Gasteiger partial charge on any atom is 0.341 e. The lowest BCUT2D eigenvalue weighted by atomic mass is 9.82. The number of ketones is 2. The SMILES string of the molecule is C=C(C)[C@@H]1CC[C@@]2(O)C(=O)O[C@H]3C[C@@](C)(CC(=O)/C=C(/C)C(=O)C1)O[C@H]32. The number of carbonyl (C=O) groups is 3. The number of aliphatic hydroxyl groups is 1. The molecule has 0 amide bonds. The van der Waals surface area contributed by atoms with Gasteiger partial charge in [-0.05, 0) is 51.2 Å². The zero-order valence-electron chi connectivity index (χ0n) is 15.5. The maximum absolute atomic E-state index is 12.5. The number of hydrogen-bond acceptors (Lipinski definition) is 6. The van der Waals surface area contributed by atoms with Crippen molar-refractivity contribution in [3.05, 3.63) is 23.8 Å². The fraction of sp³-hybridized carbons (Fsp3) is 0.650. The lowest BCUT2D eigenvalue weighted by Crippen LogP contribution is -2.47. The van der Waals surface area contributed by atoms with E-state index in [9.17, 15) is 19.5 Å². The number of ether oxygens (including phenoxy) is 2. The van der Waals surface area contributed by atoms with Gasteiger partial charge in [0.15, 0.2) is 17.2 Å². The van der Waals surface area contributed by atoms with Crippen molar-refractivity contribution in [1.82, 2.24) is 0 Å². The molecular formula is C20H26O6. The van der Waals surface area contributed by atoms with E-state index in [-0.39, 0.29) is 36.7 Å². The molecule has 0 saturated carbocycles. The predicted molar refractivity (Wildman–Crippen MR) is 93.3 cm³/mol. The van der Waals surface area contributed by atoms with Crippen LogP contribution in [0.4, 0.5) is 0 Å². The number of fused-ring (bicyclic) bond motifs is 1. The summed E-state index contributed by atoms with van der Waals surface area (Å²) in [6.45, 7) is 9.17. The van der Waals surface area contributed by atoms with Crippen LogP contribution in [-0.2, 0) is 23.9 Å². The van der Waals surface area contributed by atoms with Gasteiger partial charge in [0, 0.05) is 19.3 Å². The molecule has 2 fully saturated rings. The highest BCUT2D eigenvalue weighted by molar-refractivity contribution is 6.02. The monoisotopic (exact) mass is 362 g/mol. The molecule has 5 atom stereocenters. The number of Topliss-reactive ketones (excluding diaryl/α,β-unsaturated/α-hetero) is 1. The van der Waals surface area contributed by atoms with Gasteiger partial charge in [-0.25, -0.2) is 4.79 Å². The summed E-state index contributed by atoms with van der Waals surface area (Å²) in [4.78, 5) is 37.2. The highest BCUT2D eigenvalue weighted by Crippen LogP contribution is 2.46. The fourth-order valence-electron chi connectivity index (χ4n) is 4.23. The first kappa shape index (κ1) is 19.0. The standard InChI is InChI=1S/C20H26O6/c1-11(2)13-5-6-20(24)17-16(25-18(20)23)10-19(4,26-17)9-14(21)7-12(3)15(22)8-13/h7,13,16-17,24H,1,5-6,8-10H2,2-4H3/b12-7-/t13-,16+,17-,19-,20+/m1/s1. The minimum Gasteiger partial charge on any atom is -0.457 e. The molecular weight excluding hydrogens is 336 g/mol. The molecule has 0 aliphatic carbocycles. The third kappa shape index (κ3) is 3.28. The average Bonchev–Trinajstić information content (AvgIpc) is 2.95. The Hall–Kier alpha value is -1.79. The molecule has 1 N–H and O–H groups in total. The minimum atomic E-state index is -1.75. The van der Waals surface area contributed by atoms with Crippen molar-refractivity contribution in [2.75, 3.05) is 0 Å². The Balaban J connectivity index is 1.97. The molecule has 0 aromatic carbocycles. The van der Waals surface area contributed by atoms with Gasteiger partial charge in [0.2, 0.25) is 0 Å². The van der Waals surface area contributed by atoms with Gasteiger partial charge >= 0.3 is 5.97 Å². The van der Waals surface area contributed by atoms with Crippen molar-refractivity contribution in [1.29, 1.82) is 0 Å². The maximum atomic E-state index is 12.5. The molecule has 26 heavy (non-hydrogen) atoms. The number of allylic oxidation sites excluding steroid dienone is 3. The third-order valence-electron chi connectivity index (χ3n) is 5.83. The molecule has 3 aliphatic heterocycles. The van der Waals surface area contributed by atoms with Gasteiger partial charge in [-0.2, -0.15) is 0 Å². The molecule has 0 unspecified atom stereocenters. The van der Waals surface area contributed by atoms with Crippen molar-refractivity contribution in [2.24, 2.45) is 5.92 Å². The first-order chi connectivity index (χ1) is 12.0. The predicted octanol–water partition coefficient (Wildman–Crippen LogP) is 2.04. The topological polar surface area (TPSA) is 89.9 Å². The number of carbonyl (C=O) groups excluding carboxylic acids is 3. The first-order valence-electron chi connectivity index (χ1n) is 9.05. The van der Waals surface area contributed by atoms with Crippen LogP contribution in [-0.4, -0.2) is 46.1 Å². The van der Waals surface area contributed by atoms with Crippen molar-refractivity contribution in [3.8, 4) is 0 Å². The zero-order chi connectivity index (χ0) is 19.3. The first-order valence-corrected chi connectivity index (χ1v) is 9.05. The molecule has 2 bridgehead atoms. The lowest BCUT2D eigenvalue weighted by Gasteiger charge is -2.30. The normalized spacial score (nSPS) is 43.0. The highest BCUT2D eigenvalue weighted by atomic mass is 16.6. The van der Waals surface area contributed by atoms with Gasteiger partial charge in [0.1, 0.15) is 12.2 Å². The smallest absolute Gasteiger partial charge is 0.341 e. The van der Waals surface area contributed by atoms with Crippen LogP contribution in [0.2, 0.25) is 0 Å². The molecule has 3 rings (SSSR count). The van der Waals surface area contributed by atoms with E-state index in [0.717, 1.165) is 5.57 Å². The van der Waals surface area contributed by atoms with Gasteiger partial charge in [0.25, 0.3) is 0 Å². The van der Waals surface area contributed by atoms with Gasteiger partial charge < -0.3 is 14.6 Å². The fourth-order valence-corrected chi connectivity index (χ4v) is 4.23. The summed E-state index contributed by atoms with van der Waals surface area (Å²) in [5.74, 6) is -1.21. The van der Waals surface area contributed by atoms with Gasteiger partial charge in [-0.3, -0.25) is 9.59 Å². The average molecular weight is 362 g/mol. The molecule has 3 heterocycles. The number of esters is 1. The summed E-state index contributed by atoms with van der Waals surface area (Å²) in [6, 6.07) is 0. The van der Waals surface area contributed by atoms with Crippen LogP contribution in [0.5, 0.6) is 0 Å². The Morgan fingerprint density at radius 2 is 2.04 bits per heavy atom. The molecule has 3 aliphatic rings. The molecule has 0 aromatic rings. The summed E-state index contributed by atoms with van der Waals surface area (Å²) < 4.78 is 11.4. The second-order valence-electron chi connectivity index (χ2n) is 8.24. The molecule has 2 saturated heterocycles. The second kappa shape index (κ2) is 6.43. The van der Waals surface area contributed by atoms with Crippen molar-refractivity contribution >= 4 is 17.5 Å². The Morgan fingerprint density at radius 3 is 2.69 bits per heavy atom. The van der Waals surface area contributed by atoms with Crippen LogP contribution in [0.15, 0.2) is 23.8 Å². The van der Waals surface area contributed by atoms with E-state index in [0.29, 0.717) is 18.4 Å². The quantitative estimate of drug-likeness (QED) is 0.567. The van der Waals surface area contributed by atoms with Crippen molar-refractivity contribution in [3.63, 3.8) is 0 Å². The second-order valence-corrected chi connectivity index (χ2v) is 8.24. The molecule has 142 valence electrons. The van der Waals surface area contributed by atoms with Crippen molar-refractivity contribution < 1.29 is 29.0 Å². The van der Waals surface area contributed by atoms with Crippen LogP contribution in [0, 0.1) is 5.92 Å². The molecule has 6 nitrogen and oxygen atoms in total. The minimum absolute atomic E-state index is 0.0716. The van der Waals surface area contributed by atoms with Gasteiger partial charge in [0.05, 0.1) is 5.60 Å². The van der Waals surface area contributed by atoms with Crippen LogP contribution >= 0.6 is 0 Å². The van der Waals surface area contributed by atoms with E-state index in [4.69, 9.17) is 9.47 Å². The molecule has 0 radical (unpaired) electrons. The summed E-state index contributed by atoms with van der Waals surface area (Å²) in [7, 11) is 0. The number of hydrogen-bond donors (Lipinski definition) is 1. The van der Waals surface area contributed by atoms with Crippen molar-refractivity contribution in [2.45, 2.75) is 76.3 Å². The number of rotatable bonds is 1. The van der Waals surface area contributed by atoms with E-state index >= 15 is 0 Å².